The van der Waals surface area contributed by atoms with E-state index in [4.69, 9.17) is 0 Å². The van der Waals surface area contributed by atoms with Crippen LogP contribution in [0.15, 0.2) is 30.3 Å². The van der Waals surface area contributed by atoms with Gasteiger partial charge in [0.1, 0.15) is 0 Å². The Labute approximate surface area is 114 Å². The zero-order valence-corrected chi connectivity index (χ0v) is 11.1. The fraction of sp³-hybridized carbons (Fsp3) is 0.533. The van der Waals surface area contributed by atoms with Crippen molar-refractivity contribution in [2.24, 2.45) is 0 Å². The minimum absolute atomic E-state index is 0.00896. The van der Waals surface area contributed by atoms with Crippen molar-refractivity contribution in [3.63, 3.8) is 0 Å². The molecule has 4 heteroatoms. The Hall–Kier alpha value is -1.39. The lowest BCUT2D eigenvalue weighted by Gasteiger charge is -2.25. The van der Waals surface area contributed by atoms with Gasteiger partial charge in [-0.15, -0.1) is 0 Å². The van der Waals surface area contributed by atoms with E-state index in [2.05, 4.69) is 10.6 Å². The van der Waals surface area contributed by atoms with Crippen molar-refractivity contribution in [2.75, 3.05) is 13.2 Å². The third-order valence-electron chi connectivity index (χ3n) is 3.52. The maximum atomic E-state index is 12.1. The van der Waals surface area contributed by atoms with E-state index in [-0.39, 0.29) is 24.6 Å². The molecule has 0 aromatic heterocycles. The number of nitrogens with one attached hydrogen (secondary N) is 2. The van der Waals surface area contributed by atoms with E-state index in [0.29, 0.717) is 6.42 Å². The van der Waals surface area contributed by atoms with Crippen LogP contribution in [0.5, 0.6) is 0 Å². The van der Waals surface area contributed by atoms with E-state index in [1.165, 1.54) is 0 Å². The lowest BCUT2D eigenvalue weighted by molar-refractivity contribution is -0.124. The number of piperidine rings is 1. The molecule has 1 heterocycles. The second-order valence-corrected chi connectivity index (χ2v) is 5.08. The molecule has 104 valence electrons. The molecule has 0 aliphatic carbocycles. The van der Waals surface area contributed by atoms with Crippen LogP contribution in [0, 0.1) is 0 Å². The molecule has 1 aromatic carbocycles. The third-order valence-corrected chi connectivity index (χ3v) is 3.52. The van der Waals surface area contributed by atoms with Gasteiger partial charge < -0.3 is 15.7 Å². The van der Waals surface area contributed by atoms with Crippen LogP contribution < -0.4 is 10.6 Å². The topological polar surface area (TPSA) is 61.4 Å². The lowest BCUT2D eigenvalue weighted by atomic mass is 10.0. The van der Waals surface area contributed by atoms with Crippen molar-refractivity contribution in [1.82, 2.24) is 10.6 Å². The largest absolute Gasteiger partial charge is 0.394 e. The molecule has 0 radical (unpaired) electrons. The van der Waals surface area contributed by atoms with Gasteiger partial charge in [-0.1, -0.05) is 36.8 Å². The Morgan fingerprint density at radius 1 is 1.37 bits per heavy atom. The summed E-state index contributed by atoms with van der Waals surface area (Å²) in [5, 5.41) is 15.6. The van der Waals surface area contributed by atoms with Crippen molar-refractivity contribution in [3.8, 4) is 0 Å². The first-order valence-corrected chi connectivity index (χ1v) is 6.98. The van der Waals surface area contributed by atoms with E-state index in [1.54, 1.807) is 0 Å². The Balaban J connectivity index is 1.86. The van der Waals surface area contributed by atoms with Gasteiger partial charge in [-0.25, -0.2) is 0 Å². The van der Waals surface area contributed by atoms with Crippen molar-refractivity contribution < 1.29 is 9.90 Å². The molecule has 1 unspecified atom stereocenters. The van der Waals surface area contributed by atoms with E-state index < -0.39 is 0 Å². The molecule has 1 amide bonds. The number of carbonyl (C=O) groups excluding carboxylic acids is 1. The highest BCUT2D eigenvalue weighted by molar-refractivity contribution is 5.82. The van der Waals surface area contributed by atoms with Crippen molar-refractivity contribution in [2.45, 2.75) is 37.8 Å². The summed E-state index contributed by atoms with van der Waals surface area (Å²) < 4.78 is 0. The monoisotopic (exact) mass is 262 g/mol. The molecule has 4 nitrogen and oxygen atoms in total. The molecular formula is C15H22N2O2. The van der Waals surface area contributed by atoms with Crippen LogP contribution in [-0.2, 0) is 11.2 Å². The highest BCUT2D eigenvalue weighted by Crippen LogP contribution is 2.08. The summed E-state index contributed by atoms with van der Waals surface area (Å²) in [4.78, 5) is 12.1. The fourth-order valence-electron chi connectivity index (χ4n) is 2.44. The van der Waals surface area contributed by atoms with Gasteiger partial charge in [-0.05, 0) is 31.4 Å². The molecule has 3 N–H and O–H groups in total. The quantitative estimate of drug-likeness (QED) is 0.737. The predicted octanol–water partition coefficient (Wildman–Crippen LogP) is 0.848. The summed E-state index contributed by atoms with van der Waals surface area (Å²) in [5.41, 5.74) is 1.12. The molecule has 1 saturated heterocycles. The van der Waals surface area contributed by atoms with Crippen LogP contribution in [0.4, 0.5) is 0 Å². The standard InChI is InChI=1S/C15H22N2O2/c18-11-13(10-12-6-2-1-3-7-12)17-15(19)14-8-4-5-9-16-14/h1-3,6-7,13-14,16,18H,4-5,8-11H2,(H,17,19)/t13?,14-/m1/s1. The molecule has 1 aromatic rings. The maximum absolute atomic E-state index is 12.1. The number of amides is 1. The zero-order valence-electron chi connectivity index (χ0n) is 11.1. The molecule has 0 bridgehead atoms. The summed E-state index contributed by atoms with van der Waals surface area (Å²) in [5.74, 6) is 0.00896. The van der Waals surface area contributed by atoms with Crippen LogP contribution in [-0.4, -0.2) is 36.2 Å². The van der Waals surface area contributed by atoms with Crippen molar-refractivity contribution in [3.05, 3.63) is 35.9 Å². The number of aliphatic hydroxyl groups excluding tert-OH is 1. The predicted molar refractivity (Wildman–Crippen MR) is 74.8 cm³/mol. The van der Waals surface area contributed by atoms with Crippen LogP contribution in [0.25, 0.3) is 0 Å². The van der Waals surface area contributed by atoms with E-state index in [9.17, 15) is 9.90 Å². The summed E-state index contributed by atoms with van der Waals surface area (Å²) in [6.07, 6.45) is 3.77. The second kappa shape index (κ2) is 7.26. The number of aliphatic hydroxyl groups is 1. The van der Waals surface area contributed by atoms with Gasteiger partial charge in [0.15, 0.2) is 0 Å². The summed E-state index contributed by atoms with van der Waals surface area (Å²) in [6, 6.07) is 9.60. The molecule has 1 fully saturated rings. The average molecular weight is 262 g/mol. The normalized spacial score (nSPS) is 20.8. The van der Waals surface area contributed by atoms with Crippen molar-refractivity contribution >= 4 is 5.91 Å². The lowest BCUT2D eigenvalue weighted by Crippen LogP contribution is -2.51. The van der Waals surface area contributed by atoms with Gasteiger partial charge in [0.2, 0.25) is 5.91 Å². The Morgan fingerprint density at radius 3 is 2.79 bits per heavy atom. The first-order valence-electron chi connectivity index (χ1n) is 6.98. The molecule has 0 spiro atoms. The molecule has 1 aliphatic heterocycles. The molecule has 0 saturated carbocycles. The second-order valence-electron chi connectivity index (χ2n) is 5.08. The van der Waals surface area contributed by atoms with Gasteiger partial charge in [-0.2, -0.15) is 0 Å². The van der Waals surface area contributed by atoms with Gasteiger partial charge in [0.05, 0.1) is 18.7 Å². The van der Waals surface area contributed by atoms with E-state index in [0.717, 1.165) is 31.4 Å². The SMILES string of the molecule is O=C(NC(CO)Cc1ccccc1)[C@H]1CCCCN1. The highest BCUT2D eigenvalue weighted by Gasteiger charge is 2.22. The molecule has 19 heavy (non-hydrogen) atoms. The third kappa shape index (κ3) is 4.33. The van der Waals surface area contributed by atoms with Gasteiger partial charge >= 0.3 is 0 Å². The van der Waals surface area contributed by atoms with Crippen LogP contribution in [0.3, 0.4) is 0 Å². The number of hydrogen-bond donors (Lipinski definition) is 3. The van der Waals surface area contributed by atoms with Crippen LogP contribution >= 0.6 is 0 Å². The first kappa shape index (κ1) is 14.0. The molecule has 2 atom stereocenters. The fourth-order valence-corrected chi connectivity index (χ4v) is 2.44. The molecule has 1 aliphatic rings. The summed E-state index contributed by atoms with van der Waals surface area (Å²) >= 11 is 0. The van der Waals surface area contributed by atoms with Gasteiger partial charge in [0, 0.05) is 0 Å². The number of benzene rings is 1. The first-order chi connectivity index (χ1) is 9.29. The number of rotatable bonds is 5. The maximum Gasteiger partial charge on any atom is 0.237 e. The molecular weight excluding hydrogens is 240 g/mol. The van der Waals surface area contributed by atoms with Crippen molar-refractivity contribution in [1.29, 1.82) is 0 Å². The average Bonchev–Trinajstić information content (AvgIpc) is 2.48. The van der Waals surface area contributed by atoms with E-state index >= 15 is 0 Å². The minimum atomic E-state index is -0.210. The Morgan fingerprint density at radius 2 is 2.16 bits per heavy atom. The Kier molecular flexibility index (Phi) is 5.36. The van der Waals surface area contributed by atoms with E-state index in [1.807, 2.05) is 30.3 Å². The van der Waals surface area contributed by atoms with Crippen LogP contribution in [0.2, 0.25) is 0 Å². The smallest absolute Gasteiger partial charge is 0.237 e. The zero-order chi connectivity index (χ0) is 13.5. The number of hydrogen-bond acceptors (Lipinski definition) is 3. The Bertz CT molecular complexity index is 388. The number of carbonyl (C=O) groups is 1. The minimum Gasteiger partial charge on any atom is -0.394 e. The summed E-state index contributed by atoms with van der Waals surface area (Å²) in [6.45, 7) is 0.869. The highest BCUT2D eigenvalue weighted by atomic mass is 16.3. The molecule has 2 rings (SSSR count). The van der Waals surface area contributed by atoms with Gasteiger partial charge in [0.25, 0.3) is 0 Å². The summed E-state index contributed by atoms with van der Waals surface area (Å²) in [7, 11) is 0. The van der Waals surface area contributed by atoms with Crippen LogP contribution in [0.1, 0.15) is 24.8 Å². The van der Waals surface area contributed by atoms with Gasteiger partial charge in [-0.3, -0.25) is 4.79 Å².